The molecule has 15 heteroatoms. The van der Waals surface area contributed by atoms with E-state index in [0.717, 1.165) is 94.1 Å². The molecule has 0 atom stereocenters. The number of anilines is 1. The van der Waals surface area contributed by atoms with E-state index in [4.69, 9.17) is 21.3 Å². The number of carbonyl (C=O) groups excluding carboxylic acids is 2. The lowest BCUT2D eigenvalue weighted by atomic mass is 9.78. The van der Waals surface area contributed by atoms with E-state index in [0.29, 0.717) is 48.2 Å². The van der Waals surface area contributed by atoms with E-state index in [-0.39, 0.29) is 12.0 Å². The quantitative estimate of drug-likeness (QED) is 0.173. The van der Waals surface area contributed by atoms with Crippen LogP contribution >= 0.6 is 11.6 Å². The fraction of sp³-hybridized carbons (Fsp3) is 0.525. The van der Waals surface area contributed by atoms with Crippen molar-refractivity contribution in [2.45, 2.75) is 63.8 Å². The number of piperidine rings is 2. The van der Waals surface area contributed by atoms with Crippen LogP contribution < -0.4 is 9.64 Å². The van der Waals surface area contributed by atoms with Gasteiger partial charge < -0.3 is 19.3 Å². The number of halogens is 4. The van der Waals surface area contributed by atoms with E-state index in [1.807, 2.05) is 42.5 Å². The molecule has 0 bridgehead atoms. The Bertz CT molecular complexity index is 1830. The van der Waals surface area contributed by atoms with Crippen molar-refractivity contribution in [3.8, 4) is 11.8 Å². The number of hydrogen-bond acceptors (Lipinski definition) is 11. The van der Waals surface area contributed by atoms with Gasteiger partial charge in [-0.05, 0) is 105 Å². The molecule has 3 aromatic rings. The first-order chi connectivity index (χ1) is 26.3. The van der Waals surface area contributed by atoms with Crippen LogP contribution in [0.5, 0.6) is 5.75 Å². The predicted octanol–water partition coefficient (Wildman–Crippen LogP) is 5.84. The van der Waals surface area contributed by atoms with Gasteiger partial charge in [-0.1, -0.05) is 37.6 Å². The Morgan fingerprint density at radius 3 is 2.22 bits per heavy atom. The SMILES string of the molecule is CC(C)(c1ccc(OCc2ccnc(N3CCN(C4CCN(CC5CCN(CC(=O)OC(=O)C(F)(F)F)CC5)CC4)CC3)n2)cc1)c1cc(Cl)cc(C#N)c1. The van der Waals surface area contributed by atoms with E-state index in [1.165, 1.54) is 0 Å². The van der Waals surface area contributed by atoms with E-state index in [1.54, 1.807) is 17.2 Å². The van der Waals surface area contributed by atoms with Gasteiger partial charge in [0.15, 0.2) is 0 Å². The Morgan fingerprint density at radius 2 is 1.56 bits per heavy atom. The van der Waals surface area contributed by atoms with Crippen molar-refractivity contribution in [1.29, 1.82) is 5.26 Å². The number of hydrogen-bond donors (Lipinski definition) is 0. The number of piperazine rings is 1. The summed E-state index contributed by atoms with van der Waals surface area (Å²) in [5.74, 6) is -1.72. The van der Waals surface area contributed by atoms with Crippen molar-refractivity contribution in [2.75, 3.05) is 70.3 Å². The fourth-order valence-corrected chi connectivity index (χ4v) is 7.98. The van der Waals surface area contributed by atoms with Gasteiger partial charge in [0.2, 0.25) is 5.95 Å². The number of esters is 2. The molecule has 0 aliphatic carbocycles. The van der Waals surface area contributed by atoms with Crippen LogP contribution in [0, 0.1) is 17.2 Å². The number of nitrogens with zero attached hydrogens (tertiary/aromatic N) is 7. The Kier molecular flexibility index (Phi) is 13.0. The van der Waals surface area contributed by atoms with E-state index < -0.39 is 18.1 Å². The smallest absolute Gasteiger partial charge is 0.487 e. The number of aromatic nitrogens is 2. The van der Waals surface area contributed by atoms with Crippen molar-refractivity contribution in [1.82, 2.24) is 24.7 Å². The zero-order chi connectivity index (χ0) is 39.2. The lowest BCUT2D eigenvalue weighted by Gasteiger charge is -2.43. The molecular weight excluding hydrogens is 735 g/mol. The van der Waals surface area contributed by atoms with Crippen LogP contribution in [0.15, 0.2) is 54.7 Å². The number of nitriles is 1. The highest BCUT2D eigenvalue weighted by atomic mass is 35.5. The summed E-state index contributed by atoms with van der Waals surface area (Å²) in [7, 11) is 0. The normalized spacial score (nSPS) is 18.5. The second kappa shape index (κ2) is 17.7. The largest absolute Gasteiger partial charge is 0.491 e. The molecule has 294 valence electrons. The molecule has 0 unspecified atom stereocenters. The number of benzene rings is 2. The summed E-state index contributed by atoms with van der Waals surface area (Å²) in [5.41, 5.74) is 3.02. The van der Waals surface area contributed by atoms with Crippen molar-refractivity contribution in [2.24, 2.45) is 5.92 Å². The summed E-state index contributed by atoms with van der Waals surface area (Å²) >= 11 is 6.28. The molecule has 2 aromatic carbocycles. The molecule has 3 aliphatic rings. The second-order valence-corrected chi connectivity index (χ2v) is 15.6. The average molecular weight is 782 g/mol. The van der Waals surface area contributed by atoms with Gasteiger partial charge in [-0.3, -0.25) is 14.6 Å². The zero-order valence-corrected chi connectivity index (χ0v) is 32.0. The van der Waals surface area contributed by atoms with Crippen LogP contribution in [0.2, 0.25) is 5.02 Å². The molecule has 1 aromatic heterocycles. The maximum Gasteiger partial charge on any atom is 0.491 e. The maximum absolute atomic E-state index is 12.4. The first-order valence-electron chi connectivity index (χ1n) is 18.8. The molecule has 3 saturated heterocycles. The van der Waals surface area contributed by atoms with Crippen LogP contribution in [0.3, 0.4) is 0 Å². The van der Waals surface area contributed by atoms with Gasteiger partial charge in [-0.15, -0.1) is 0 Å². The van der Waals surface area contributed by atoms with Crippen LogP contribution in [0.4, 0.5) is 19.1 Å². The van der Waals surface area contributed by atoms with Crippen LogP contribution in [-0.2, 0) is 26.3 Å². The minimum atomic E-state index is -5.18. The van der Waals surface area contributed by atoms with Crippen LogP contribution in [0.1, 0.15) is 61.9 Å². The lowest BCUT2D eigenvalue weighted by molar-refractivity contribution is -0.202. The number of alkyl halides is 3. The van der Waals surface area contributed by atoms with Crippen molar-refractivity contribution in [3.05, 3.63) is 82.1 Å². The molecule has 4 heterocycles. The van der Waals surface area contributed by atoms with E-state index in [9.17, 15) is 28.0 Å². The lowest BCUT2D eigenvalue weighted by Crippen LogP contribution is -2.54. The average Bonchev–Trinajstić information content (AvgIpc) is 3.18. The predicted molar refractivity (Wildman–Crippen MR) is 201 cm³/mol. The van der Waals surface area contributed by atoms with Crippen LogP contribution in [-0.4, -0.2) is 114 Å². The van der Waals surface area contributed by atoms with Crippen LogP contribution in [0.25, 0.3) is 0 Å². The summed E-state index contributed by atoms with van der Waals surface area (Å²) in [6, 6.07) is 18.0. The Labute approximate surface area is 325 Å². The second-order valence-electron chi connectivity index (χ2n) is 15.2. The summed E-state index contributed by atoms with van der Waals surface area (Å²) in [5, 5.41) is 9.92. The third-order valence-electron chi connectivity index (χ3n) is 11.1. The summed E-state index contributed by atoms with van der Waals surface area (Å²) in [6.45, 7) is 12.0. The summed E-state index contributed by atoms with van der Waals surface area (Å²) in [6.07, 6.45) is 0.507. The Hall–Kier alpha value is -4.29. The Balaban J connectivity index is 0.899. The minimum Gasteiger partial charge on any atom is -0.487 e. The molecule has 3 aliphatic heterocycles. The number of likely N-dealkylation sites (tertiary alicyclic amines) is 2. The molecule has 0 radical (unpaired) electrons. The van der Waals surface area contributed by atoms with Crippen molar-refractivity contribution in [3.63, 3.8) is 0 Å². The first kappa shape index (κ1) is 40.4. The molecule has 0 spiro atoms. The third-order valence-corrected chi connectivity index (χ3v) is 11.3. The Morgan fingerprint density at radius 1 is 0.891 bits per heavy atom. The third kappa shape index (κ3) is 10.7. The zero-order valence-electron chi connectivity index (χ0n) is 31.2. The topological polar surface area (TPSA) is 115 Å². The number of carbonyl (C=O) groups is 2. The molecule has 3 fully saturated rings. The number of rotatable bonds is 11. The molecule has 0 N–H and O–H groups in total. The fourth-order valence-electron chi connectivity index (χ4n) is 7.75. The van der Waals surface area contributed by atoms with Gasteiger partial charge in [0.25, 0.3) is 0 Å². The van der Waals surface area contributed by atoms with Gasteiger partial charge >= 0.3 is 18.1 Å². The van der Waals surface area contributed by atoms with E-state index in [2.05, 4.69) is 44.3 Å². The molecule has 0 amide bonds. The minimum absolute atomic E-state index is 0.312. The van der Waals surface area contributed by atoms with Gasteiger partial charge in [-0.25, -0.2) is 14.8 Å². The van der Waals surface area contributed by atoms with Gasteiger partial charge in [-0.2, -0.15) is 18.4 Å². The van der Waals surface area contributed by atoms with Gasteiger partial charge in [0.05, 0.1) is 23.9 Å². The maximum atomic E-state index is 12.4. The number of ether oxygens (including phenoxy) is 2. The standard InChI is InChI=1S/C40H47ClF3N7O4/c1-39(2,31-21-29(24-45)22-32(41)23-31)30-3-5-35(6-4-30)54-27-33-7-12-46-38(47-33)51-19-17-50(18-20-51)34-10-15-48(16-11-34)25-28-8-13-49(14-9-28)26-36(52)55-37(53)40(42,43)44/h3-7,12,21-23,28,34H,8-11,13-20,25-27H2,1-2H3. The van der Waals surface area contributed by atoms with Crippen molar-refractivity contribution >= 4 is 29.5 Å². The highest BCUT2D eigenvalue weighted by Crippen LogP contribution is 2.34. The van der Waals surface area contributed by atoms with Gasteiger partial charge in [0, 0.05) is 55.4 Å². The molecule has 6 rings (SSSR count). The molecule has 0 saturated carbocycles. The van der Waals surface area contributed by atoms with E-state index >= 15 is 0 Å². The van der Waals surface area contributed by atoms with Gasteiger partial charge in [0.1, 0.15) is 12.4 Å². The highest BCUT2D eigenvalue weighted by Gasteiger charge is 2.42. The summed E-state index contributed by atoms with van der Waals surface area (Å²) in [4.78, 5) is 41.1. The summed E-state index contributed by atoms with van der Waals surface area (Å²) < 4.78 is 47.1. The monoisotopic (exact) mass is 781 g/mol. The highest BCUT2D eigenvalue weighted by molar-refractivity contribution is 6.30. The molecule has 55 heavy (non-hydrogen) atoms. The molecule has 11 nitrogen and oxygen atoms in total. The first-order valence-corrected chi connectivity index (χ1v) is 19.2. The van der Waals surface area contributed by atoms with Crippen molar-refractivity contribution < 1.29 is 32.2 Å². The molecular formula is C40H47ClF3N7O4.